The molecule has 2 heterocycles. The Labute approximate surface area is 244 Å². The lowest BCUT2D eigenvalue weighted by Crippen LogP contribution is -2.10. The van der Waals surface area contributed by atoms with Gasteiger partial charge in [0.1, 0.15) is 18.2 Å². The van der Waals surface area contributed by atoms with Crippen molar-refractivity contribution in [1.82, 2.24) is 14.5 Å². The van der Waals surface area contributed by atoms with Crippen LogP contribution in [0.4, 0.5) is 4.39 Å². The Balaban J connectivity index is 1.55. The van der Waals surface area contributed by atoms with Gasteiger partial charge in [-0.2, -0.15) is 0 Å². The molecule has 2 aromatic carbocycles. The summed E-state index contributed by atoms with van der Waals surface area (Å²) in [5.74, 6) is -0.377. The molecule has 42 heavy (non-hydrogen) atoms. The molecule has 0 radical (unpaired) electrons. The zero-order valence-electron chi connectivity index (χ0n) is 24.0. The molecule has 0 bridgehead atoms. The second kappa shape index (κ2) is 14.3. The van der Waals surface area contributed by atoms with Crippen molar-refractivity contribution in [3.8, 4) is 17.1 Å². The first-order valence-electron chi connectivity index (χ1n) is 13.4. The van der Waals surface area contributed by atoms with Gasteiger partial charge in [-0.05, 0) is 54.0 Å². The van der Waals surface area contributed by atoms with E-state index in [9.17, 15) is 9.90 Å². The fourth-order valence-electron chi connectivity index (χ4n) is 4.48. The van der Waals surface area contributed by atoms with Gasteiger partial charge in [0, 0.05) is 38.8 Å². The van der Waals surface area contributed by atoms with Crippen molar-refractivity contribution < 1.29 is 28.5 Å². The first-order chi connectivity index (χ1) is 20.3. The molecule has 0 atom stereocenters. The summed E-state index contributed by atoms with van der Waals surface area (Å²) in [5, 5.41) is 9.42. The number of ether oxygens (including phenoxy) is 3. The van der Waals surface area contributed by atoms with Crippen LogP contribution >= 0.6 is 0 Å². The van der Waals surface area contributed by atoms with Gasteiger partial charge < -0.3 is 23.9 Å². The number of benzene rings is 2. The van der Waals surface area contributed by atoms with Crippen LogP contribution in [0.3, 0.4) is 0 Å². The number of carbonyl (C=O) groups is 1. The molecule has 0 fully saturated rings. The van der Waals surface area contributed by atoms with E-state index < -0.39 is 11.8 Å². The third-order valence-electron chi connectivity index (χ3n) is 6.73. The maximum absolute atomic E-state index is 15.4. The van der Waals surface area contributed by atoms with Crippen LogP contribution in [0.15, 0.2) is 90.6 Å². The number of allylic oxidation sites excluding steroid dienone is 2. The number of pyridine rings is 1. The second-order valence-corrected chi connectivity index (χ2v) is 9.65. The van der Waals surface area contributed by atoms with E-state index in [1.165, 1.54) is 12.1 Å². The van der Waals surface area contributed by atoms with Gasteiger partial charge >= 0.3 is 5.97 Å². The smallest absolute Gasteiger partial charge is 0.335 e. The quantitative estimate of drug-likeness (QED) is 0.179. The highest BCUT2D eigenvalue weighted by atomic mass is 19.1. The van der Waals surface area contributed by atoms with E-state index in [0.29, 0.717) is 65.9 Å². The Morgan fingerprint density at radius 1 is 1.07 bits per heavy atom. The van der Waals surface area contributed by atoms with Crippen LogP contribution in [0.25, 0.3) is 22.3 Å². The predicted molar refractivity (Wildman–Crippen MR) is 160 cm³/mol. The lowest BCUT2D eigenvalue weighted by atomic mass is 10.1. The number of methoxy groups -OCH3 is 2. The Kier molecular flexibility index (Phi) is 10.4. The number of aromatic carboxylic acids is 1. The number of imidazole rings is 1. The fourth-order valence-corrected chi connectivity index (χ4v) is 4.48. The fraction of sp³-hybridized carbons (Fsp3) is 0.242. The minimum absolute atomic E-state index is 0.160. The molecule has 0 saturated carbocycles. The SMILES string of the molecule is C=C/C=C\C(COC)=C(/C)COc1cccc(-c2ccc(Cc3nc4ccc(C(=O)O)cc4n3CCOC)c(F)c2)n1. The van der Waals surface area contributed by atoms with Gasteiger partial charge in [0.05, 0.1) is 35.5 Å². The van der Waals surface area contributed by atoms with Crippen LogP contribution < -0.4 is 4.74 Å². The molecule has 0 spiro atoms. The molecule has 0 unspecified atom stereocenters. The van der Waals surface area contributed by atoms with Crippen LogP contribution in [-0.4, -0.2) is 59.7 Å². The van der Waals surface area contributed by atoms with E-state index >= 15 is 4.39 Å². The molecule has 218 valence electrons. The number of fused-ring (bicyclic) bond motifs is 1. The van der Waals surface area contributed by atoms with Gasteiger partial charge in [-0.15, -0.1) is 0 Å². The normalized spacial score (nSPS) is 12.1. The first kappa shape index (κ1) is 30.4. The molecule has 0 saturated heterocycles. The number of nitrogens with zero attached hydrogens (tertiary/aromatic N) is 3. The van der Waals surface area contributed by atoms with Crippen molar-refractivity contribution in [2.75, 3.05) is 34.0 Å². The van der Waals surface area contributed by atoms with Gasteiger partial charge in [0.15, 0.2) is 0 Å². The number of hydrogen-bond acceptors (Lipinski definition) is 6. The highest BCUT2D eigenvalue weighted by Gasteiger charge is 2.16. The lowest BCUT2D eigenvalue weighted by Gasteiger charge is -2.12. The Bertz CT molecular complexity index is 1640. The van der Waals surface area contributed by atoms with E-state index in [-0.39, 0.29) is 12.0 Å². The monoisotopic (exact) mass is 571 g/mol. The number of carboxylic acid groups (broad SMARTS) is 1. The van der Waals surface area contributed by atoms with Crippen molar-refractivity contribution in [3.05, 3.63) is 113 Å². The molecule has 2 aromatic heterocycles. The number of aromatic nitrogens is 3. The molecular formula is C33H34FN3O5. The summed E-state index contributed by atoms with van der Waals surface area (Å²) >= 11 is 0. The number of hydrogen-bond donors (Lipinski definition) is 1. The predicted octanol–water partition coefficient (Wildman–Crippen LogP) is 6.26. The average molecular weight is 572 g/mol. The number of carboxylic acids is 1. The molecule has 4 aromatic rings. The summed E-state index contributed by atoms with van der Waals surface area (Å²) in [4.78, 5) is 20.8. The highest BCUT2D eigenvalue weighted by Crippen LogP contribution is 2.26. The van der Waals surface area contributed by atoms with Crippen molar-refractivity contribution in [1.29, 1.82) is 0 Å². The van der Waals surface area contributed by atoms with Gasteiger partial charge in [0.2, 0.25) is 5.88 Å². The zero-order chi connectivity index (χ0) is 30.1. The molecular weight excluding hydrogens is 537 g/mol. The molecule has 9 heteroatoms. The summed E-state index contributed by atoms with van der Waals surface area (Å²) in [6.07, 6.45) is 5.70. The third kappa shape index (κ3) is 7.37. The van der Waals surface area contributed by atoms with E-state index in [2.05, 4.69) is 16.5 Å². The van der Waals surface area contributed by atoms with E-state index in [4.69, 9.17) is 14.2 Å². The minimum atomic E-state index is -1.02. The maximum atomic E-state index is 15.4. The largest absolute Gasteiger partial charge is 0.478 e. The van der Waals surface area contributed by atoms with Crippen molar-refractivity contribution in [2.45, 2.75) is 19.9 Å². The molecule has 0 amide bonds. The maximum Gasteiger partial charge on any atom is 0.335 e. The van der Waals surface area contributed by atoms with Gasteiger partial charge in [-0.3, -0.25) is 0 Å². The topological polar surface area (TPSA) is 95.7 Å². The second-order valence-electron chi connectivity index (χ2n) is 9.65. The summed E-state index contributed by atoms with van der Waals surface area (Å²) in [6, 6.07) is 15.1. The summed E-state index contributed by atoms with van der Waals surface area (Å²) in [6.45, 7) is 7.29. The number of halogens is 1. The summed E-state index contributed by atoms with van der Waals surface area (Å²) in [7, 11) is 3.23. The molecule has 0 aliphatic carbocycles. The Hall–Kier alpha value is -4.60. The van der Waals surface area contributed by atoms with Crippen LogP contribution in [0.5, 0.6) is 5.88 Å². The standard InChI is InChI=1S/C33H34FN3O5/c1-5-6-8-26(21-41-4)22(2)20-42-32-10-7-9-28(36-32)24-12-11-23(27(34)17-24)19-31-35-29-14-13-25(33(38)39)18-30(29)37(31)15-16-40-3/h5-14,17-18H,1,15-16,19-21H2,2-4H3,(H,38,39)/b8-6-,26-22-. The number of rotatable bonds is 14. The van der Waals surface area contributed by atoms with Crippen LogP contribution in [0, 0.1) is 5.82 Å². The van der Waals surface area contributed by atoms with Crippen molar-refractivity contribution in [3.63, 3.8) is 0 Å². The summed E-state index contributed by atoms with van der Waals surface area (Å²) in [5.41, 5.74) is 5.10. The molecule has 1 N–H and O–H groups in total. The Morgan fingerprint density at radius 3 is 2.62 bits per heavy atom. The summed E-state index contributed by atoms with van der Waals surface area (Å²) < 4.78 is 33.7. The minimum Gasteiger partial charge on any atom is -0.478 e. The Morgan fingerprint density at radius 2 is 1.90 bits per heavy atom. The molecule has 4 rings (SSSR count). The zero-order valence-corrected chi connectivity index (χ0v) is 24.0. The average Bonchev–Trinajstić information content (AvgIpc) is 3.34. The van der Waals surface area contributed by atoms with Crippen molar-refractivity contribution in [2.24, 2.45) is 0 Å². The van der Waals surface area contributed by atoms with E-state index in [0.717, 1.165) is 11.1 Å². The van der Waals surface area contributed by atoms with Crippen LogP contribution in [0.2, 0.25) is 0 Å². The highest BCUT2D eigenvalue weighted by molar-refractivity contribution is 5.92. The van der Waals surface area contributed by atoms with E-state index in [1.807, 2.05) is 35.8 Å². The lowest BCUT2D eigenvalue weighted by molar-refractivity contribution is 0.0697. The van der Waals surface area contributed by atoms with Crippen LogP contribution in [-0.2, 0) is 22.4 Å². The van der Waals surface area contributed by atoms with Crippen molar-refractivity contribution >= 4 is 17.0 Å². The molecule has 8 nitrogen and oxygen atoms in total. The van der Waals surface area contributed by atoms with E-state index in [1.54, 1.807) is 50.6 Å². The third-order valence-corrected chi connectivity index (χ3v) is 6.73. The molecule has 0 aliphatic rings. The molecule has 0 aliphatic heterocycles. The van der Waals surface area contributed by atoms with Gasteiger partial charge in [0.25, 0.3) is 0 Å². The van der Waals surface area contributed by atoms with Crippen LogP contribution in [0.1, 0.15) is 28.7 Å². The van der Waals surface area contributed by atoms with Gasteiger partial charge in [-0.1, -0.05) is 43.0 Å². The first-order valence-corrected chi connectivity index (χ1v) is 13.4. The van der Waals surface area contributed by atoms with Gasteiger partial charge in [-0.25, -0.2) is 19.2 Å².